The maximum absolute atomic E-state index is 9.92. The number of hydrogen-bond acceptors (Lipinski definition) is 4. The normalized spacial score (nSPS) is 11.0. The highest BCUT2D eigenvalue weighted by Crippen LogP contribution is 2.34. The number of nitrogens with one attached hydrogen (secondary N) is 1. The Kier molecular flexibility index (Phi) is 5.58. The highest BCUT2D eigenvalue weighted by atomic mass is 16.5. The quantitative estimate of drug-likeness (QED) is 0.405. The number of imidazole rings is 1. The number of rotatable bonds is 7. The Morgan fingerprint density at radius 3 is 2.57 bits per heavy atom. The monoisotopic (exact) mass is 398 g/mol. The van der Waals surface area contributed by atoms with Crippen LogP contribution in [0, 0.1) is 18.3 Å². The Labute approximate surface area is 176 Å². The summed E-state index contributed by atoms with van der Waals surface area (Å²) in [6.07, 6.45) is 3.05. The van der Waals surface area contributed by atoms with Gasteiger partial charge < -0.3 is 10.1 Å². The molecule has 5 heteroatoms. The molecule has 5 nitrogen and oxygen atoms in total. The van der Waals surface area contributed by atoms with E-state index in [1.807, 2.05) is 56.3 Å². The van der Waals surface area contributed by atoms with Gasteiger partial charge in [-0.1, -0.05) is 25.5 Å². The minimum atomic E-state index is 0.643. The molecule has 2 aromatic heterocycles. The van der Waals surface area contributed by atoms with Crippen LogP contribution in [0.15, 0.2) is 48.5 Å². The Balaban J connectivity index is 1.96. The van der Waals surface area contributed by atoms with E-state index in [0.29, 0.717) is 17.8 Å². The summed E-state index contributed by atoms with van der Waals surface area (Å²) in [5, 5.41) is 13.5. The molecule has 2 aromatic carbocycles. The van der Waals surface area contributed by atoms with Gasteiger partial charge in [0.05, 0.1) is 23.2 Å². The summed E-state index contributed by atoms with van der Waals surface area (Å²) < 4.78 is 7.67. The molecule has 0 unspecified atom stereocenters. The van der Waals surface area contributed by atoms with E-state index in [0.717, 1.165) is 58.7 Å². The van der Waals surface area contributed by atoms with Crippen LogP contribution in [0.4, 0.5) is 11.5 Å². The highest BCUT2D eigenvalue weighted by molar-refractivity contribution is 5.87. The van der Waals surface area contributed by atoms with Gasteiger partial charge in [0.25, 0.3) is 0 Å². The van der Waals surface area contributed by atoms with Crippen LogP contribution in [0.3, 0.4) is 0 Å². The van der Waals surface area contributed by atoms with Gasteiger partial charge in [-0.25, -0.2) is 4.98 Å². The number of unbranched alkanes of at least 4 members (excludes halogenated alkanes) is 1. The molecule has 0 saturated heterocycles. The average molecular weight is 399 g/mol. The third-order valence-corrected chi connectivity index (χ3v) is 5.44. The van der Waals surface area contributed by atoms with E-state index in [-0.39, 0.29) is 0 Å². The molecule has 0 bridgehead atoms. The Morgan fingerprint density at radius 2 is 1.87 bits per heavy atom. The molecule has 4 rings (SSSR count). The van der Waals surface area contributed by atoms with Crippen LogP contribution in [0.25, 0.3) is 16.7 Å². The summed E-state index contributed by atoms with van der Waals surface area (Å²) in [4.78, 5) is 4.79. The lowest BCUT2D eigenvalue weighted by Gasteiger charge is -2.19. The number of aromatic nitrogens is 2. The van der Waals surface area contributed by atoms with Gasteiger partial charge in [0.2, 0.25) is 0 Å². The zero-order valence-electron chi connectivity index (χ0n) is 17.7. The molecule has 0 spiro atoms. The lowest BCUT2D eigenvalue weighted by molar-refractivity contribution is 0.340. The molecule has 152 valence electrons. The first-order chi connectivity index (χ1) is 14.7. The number of nitrogens with zero attached hydrogens (tertiary/aromatic N) is 3. The number of fused-ring (bicyclic) bond motifs is 3. The molecule has 0 aliphatic heterocycles. The average Bonchev–Trinajstić information content (AvgIpc) is 3.14. The van der Waals surface area contributed by atoms with Crippen molar-refractivity contribution in [1.29, 1.82) is 5.26 Å². The van der Waals surface area contributed by atoms with E-state index in [1.54, 1.807) is 0 Å². The fraction of sp³-hybridized carbons (Fsp3) is 0.280. The molecule has 0 radical (unpaired) electrons. The van der Waals surface area contributed by atoms with Gasteiger partial charge >= 0.3 is 0 Å². The maximum Gasteiger partial charge on any atom is 0.157 e. The Hall–Kier alpha value is -3.52. The van der Waals surface area contributed by atoms with Crippen LogP contribution in [-0.2, 0) is 6.42 Å². The van der Waals surface area contributed by atoms with E-state index in [1.165, 1.54) is 0 Å². The van der Waals surface area contributed by atoms with Crippen molar-refractivity contribution in [2.75, 3.05) is 11.9 Å². The van der Waals surface area contributed by atoms with Crippen LogP contribution >= 0.6 is 0 Å². The van der Waals surface area contributed by atoms with Gasteiger partial charge in [-0.15, -0.1) is 0 Å². The molecular formula is C25H26N4O. The Morgan fingerprint density at radius 1 is 1.10 bits per heavy atom. The molecule has 30 heavy (non-hydrogen) atoms. The molecule has 0 aliphatic carbocycles. The number of anilines is 2. The van der Waals surface area contributed by atoms with Crippen molar-refractivity contribution in [2.24, 2.45) is 0 Å². The third kappa shape index (κ3) is 3.46. The highest BCUT2D eigenvalue weighted by Gasteiger charge is 2.20. The van der Waals surface area contributed by atoms with Crippen molar-refractivity contribution < 1.29 is 4.74 Å². The fourth-order valence-electron chi connectivity index (χ4n) is 3.91. The summed E-state index contributed by atoms with van der Waals surface area (Å²) in [6.45, 7) is 6.84. The first kappa shape index (κ1) is 19.8. The third-order valence-electron chi connectivity index (χ3n) is 5.44. The number of pyridine rings is 1. The first-order valence-electron chi connectivity index (χ1n) is 10.5. The fourth-order valence-corrected chi connectivity index (χ4v) is 3.91. The molecule has 2 heterocycles. The summed E-state index contributed by atoms with van der Waals surface area (Å²) >= 11 is 0. The largest absolute Gasteiger partial charge is 0.494 e. The summed E-state index contributed by atoms with van der Waals surface area (Å²) in [5.74, 6) is 1.83. The van der Waals surface area contributed by atoms with Gasteiger partial charge in [0.1, 0.15) is 17.6 Å². The van der Waals surface area contributed by atoms with Crippen LogP contribution < -0.4 is 10.1 Å². The van der Waals surface area contributed by atoms with Gasteiger partial charge in [-0.05, 0) is 74.2 Å². The second-order valence-electron chi connectivity index (χ2n) is 7.38. The van der Waals surface area contributed by atoms with Crippen molar-refractivity contribution in [3.8, 4) is 11.8 Å². The van der Waals surface area contributed by atoms with Crippen molar-refractivity contribution in [2.45, 2.75) is 40.0 Å². The van der Waals surface area contributed by atoms with Crippen molar-refractivity contribution in [1.82, 2.24) is 9.38 Å². The summed E-state index contributed by atoms with van der Waals surface area (Å²) in [5.41, 5.74) is 6.37. The van der Waals surface area contributed by atoms with Gasteiger partial charge in [0, 0.05) is 5.69 Å². The number of para-hydroxylation sites is 2. The second kappa shape index (κ2) is 8.46. The van der Waals surface area contributed by atoms with Crippen LogP contribution in [0.5, 0.6) is 5.75 Å². The van der Waals surface area contributed by atoms with E-state index in [9.17, 15) is 5.26 Å². The minimum Gasteiger partial charge on any atom is -0.494 e. The predicted octanol–water partition coefficient (Wildman–Crippen LogP) is 6.15. The summed E-state index contributed by atoms with van der Waals surface area (Å²) in [6, 6.07) is 18.4. The van der Waals surface area contributed by atoms with Crippen LogP contribution in [0.1, 0.15) is 43.4 Å². The van der Waals surface area contributed by atoms with Gasteiger partial charge in [-0.2, -0.15) is 5.26 Å². The zero-order valence-corrected chi connectivity index (χ0v) is 17.7. The van der Waals surface area contributed by atoms with Crippen molar-refractivity contribution in [3.63, 3.8) is 0 Å². The molecule has 0 amide bonds. The molecule has 0 saturated carbocycles. The van der Waals surface area contributed by atoms with E-state index in [4.69, 9.17) is 9.72 Å². The lowest BCUT2D eigenvalue weighted by Crippen LogP contribution is -2.08. The first-order valence-corrected chi connectivity index (χ1v) is 10.5. The summed E-state index contributed by atoms with van der Waals surface area (Å²) in [7, 11) is 0. The minimum absolute atomic E-state index is 0.643. The smallest absolute Gasteiger partial charge is 0.157 e. The zero-order chi connectivity index (χ0) is 21.1. The SMILES string of the molecule is CCCCc1c(C)c(C#N)c2nc3ccccc3n2c1Nc1ccc(OCC)cc1. The standard InChI is InChI=1S/C25H26N4O/c1-4-6-9-20-17(3)21(16-26)25-28-22-10-7-8-11-23(22)29(25)24(20)27-18-12-14-19(15-13-18)30-5-2/h7-8,10-15,27H,4-6,9H2,1-3H3. The molecule has 0 aliphatic rings. The number of ether oxygens (including phenoxy) is 1. The number of benzene rings is 2. The van der Waals surface area contributed by atoms with Crippen molar-refractivity contribution in [3.05, 3.63) is 65.2 Å². The van der Waals surface area contributed by atoms with Crippen LogP contribution in [-0.4, -0.2) is 16.0 Å². The lowest BCUT2D eigenvalue weighted by atomic mass is 9.99. The van der Waals surface area contributed by atoms with E-state index in [2.05, 4.69) is 28.8 Å². The van der Waals surface area contributed by atoms with Gasteiger partial charge in [-0.3, -0.25) is 4.40 Å². The molecule has 1 N–H and O–H groups in total. The molecular weight excluding hydrogens is 372 g/mol. The van der Waals surface area contributed by atoms with E-state index < -0.39 is 0 Å². The van der Waals surface area contributed by atoms with Gasteiger partial charge in [0.15, 0.2) is 5.65 Å². The molecule has 0 fully saturated rings. The van der Waals surface area contributed by atoms with E-state index >= 15 is 0 Å². The Bertz CT molecular complexity index is 1230. The van der Waals surface area contributed by atoms with Crippen LogP contribution in [0.2, 0.25) is 0 Å². The van der Waals surface area contributed by atoms with Crippen molar-refractivity contribution >= 4 is 28.2 Å². The maximum atomic E-state index is 9.92. The number of hydrogen-bond donors (Lipinski definition) is 1. The topological polar surface area (TPSA) is 62.4 Å². The second-order valence-corrected chi connectivity index (χ2v) is 7.38. The molecule has 0 atom stereocenters. The molecule has 4 aromatic rings. The number of nitriles is 1. The predicted molar refractivity (Wildman–Crippen MR) is 122 cm³/mol.